The van der Waals surface area contributed by atoms with Crippen molar-refractivity contribution in [2.75, 3.05) is 26.4 Å². The quantitative estimate of drug-likeness (QED) is 0.729. The average Bonchev–Trinajstić information content (AvgIpc) is 2.52. The molecule has 0 aromatic carbocycles. The van der Waals surface area contributed by atoms with Crippen molar-refractivity contribution < 1.29 is 4.42 Å². The van der Waals surface area contributed by atoms with Gasteiger partial charge in [0.2, 0.25) is 0 Å². The van der Waals surface area contributed by atoms with E-state index in [9.17, 15) is 0 Å². The third kappa shape index (κ3) is 4.17. The molecular weight excluding hydrogens is 196 g/mol. The first kappa shape index (κ1) is 11.6. The molecule has 0 aliphatic carbocycles. The van der Waals surface area contributed by atoms with Crippen LogP contribution in [0.4, 0.5) is 0 Å². The van der Waals surface area contributed by atoms with E-state index in [0.29, 0.717) is 0 Å². The summed E-state index contributed by atoms with van der Waals surface area (Å²) in [6.07, 6.45) is 1.84. The topological polar surface area (TPSA) is 42.4 Å². The van der Waals surface area contributed by atoms with Crippen LogP contribution in [0.2, 0.25) is 0 Å². The number of furan rings is 1. The zero-order chi connectivity index (χ0) is 10.4. The fourth-order valence-electron chi connectivity index (χ4n) is 1.17. The molecule has 0 spiro atoms. The highest BCUT2D eigenvalue weighted by Crippen LogP contribution is 2.15. The van der Waals surface area contributed by atoms with E-state index in [-0.39, 0.29) is 0 Å². The van der Waals surface area contributed by atoms with Crippen LogP contribution in [0.3, 0.4) is 0 Å². The van der Waals surface area contributed by atoms with Crippen molar-refractivity contribution in [2.24, 2.45) is 5.73 Å². The van der Waals surface area contributed by atoms with E-state index < -0.39 is 0 Å². The summed E-state index contributed by atoms with van der Waals surface area (Å²) in [7, 11) is 4.07. The molecule has 3 nitrogen and oxygen atoms in total. The summed E-state index contributed by atoms with van der Waals surface area (Å²) >= 11 is 1.84. The minimum Gasteiger partial charge on any atom is -0.468 e. The number of hydrogen-bond acceptors (Lipinski definition) is 4. The Labute approximate surface area is 89.6 Å². The molecule has 0 bridgehead atoms. The molecule has 0 fully saturated rings. The molecule has 0 amide bonds. The van der Waals surface area contributed by atoms with Gasteiger partial charge in [0.05, 0.1) is 12.8 Å². The van der Waals surface area contributed by atoms with Gasteiger partial charge in [0.15, 0.2) is 0 Å². The average molecular weight is 214 g/mol. The first-order chi connectivity index (χ1) is 6.72. The standard InChI is InChI=1S/C10H18N2OS/c1-12(2)6-10-5-9(7-13-10)8-14-4-3-11/h5,7H,3-4,6,8,11H2,1-2H3. The van der Waals surface area contributed by atoms with Gasteiger partial charge in [0, 0.05) is 23.6 Å². The smallest absolute Gasteiger partial charge is 0.118 e. The molecular formula is C10H18N2OS. The van der Waals surface area contributed by atoms with E-state index in [4.69, 9.17) is 10.2 Å². The van der Waals surface area contributed by atoms with E-state index in [0.717, 1.165) is 30.4 Å². The summed E-state index contributed by atoms with van der Waals surface area (Å²) in [6, 6.07) is 2.11. The third-order valence-electron chi connectivity index (χ3n) is 1.71. The number of rotatable bonds is 6. The van der Waals surface area contributed by atoms with Gasteiger partial charge < -0.3 is 15.1 Å². The molecule has 0 unspecified atom stereocenters. The zero-order valence-corrected chi connectivity index (χ0v) is 9.64. The molecule has 2 N–H and O–H groups in total. The lowest BCUT2D eigenvalue weighted by Crippen LogP contribution is -2.09. The van der Waals surface area contributed by atoms with Crippen LogP contribution in [0.15, 0.2) is 16.7 Å². The van der Waals surface area contributed by atoms with Crippen molar-refractivity contribution in [3.8, 4) is 0 Å². The lowest BCUT2D eigenvalue weighted by molar-refractivity contribution is 0.350. The van der Waals surface area contributed by atoms with Gasteiger partial charge in [0.1, 0.15) is 5.76 Å². The summed E-state index contributed by atoms with van der Waals surface area (Å²) in [4.78, 5) is 2.09. The van der Waals surface area contributed by atoms with Gasteiger partial charge >= 0.3 is 0 Å². The van der Waals surface area contributed by atoms with E-state index >= 15 is 0 Å². The van der Waals surface area contributed by atoms with Crippen molar-refractivity contribution in [3.63, 3.8) is 0 Å². The molecule has 1 aromatic heterocycles. The molecule has 4 heteroatoms. The Bertz CT molecular complexity index is 260. The minimum absolute atomic E-state index is 0.743. The largest absolute Gasteiger partial charge is 0.468 e. The molecule has 0 aliphatic heterocycles. The van der Waals surface area contributed by atoms with E-state index in [1.807, 2.05) is 32.1 Å². The molecule has 1 rings (SSSR count). The van der Waals surface area contributed by atoms with E-state index in [1.54, 1.807) is 0 Å². The fourth-order valence-corrected chi connectivity index (χ4v) is 1.87. The van der Waals surface area contributed by atoms with Crippen molar-refractivity contribution in [1.82, 2.24) is 4.90 Å². The maximum absolute atomic E-state index is 5.42. The molecule has 0 atom stereocenters. The summed E-state index contributed by atoms with van der Waals surface area (Å²) in [5, 5.41) is 0. The number of nitrogens with zero attached hydrogens (tertiary/aromatic N) is 1. The molecule has 0 saturated carbocycles. The Hall–Kier alpha value is -0.450. The van der Waals surface area contributed by atoms with Crippen molar-refractivity contribution in [3.05, 3.63) is 23.7 Å². The monoisotopic (exact) mass is 214 g/mol. The van der Waals surface area contributed by atoms with Crippen molar-refractivity contribution in [1.29, 1.82) is 0 Å². The molecule has 80 valence electrons. The van der Waals surface area contributed by atoms with Crippen LogP contribution in [0, 0.1) is 0 Å². The summed E-state index contributed by atoms with van der Waals surface area (Å²) in [6.45, 7) is 1.61. The second kappa shape index (κ2) is 6.11. The van der Waals surface area contributed by atoms with Crippen molar-refractivity contribution >= 4 is 11.8 Å². The van der Waals surface area contributed by atoms with Crippen LogP contribution in [0.25, 0.3) is 0 Å². The Morgan fingerprint density at radius 1 is 1.50 bits per heavy atom. The maximum Gasteiger partial charge on any atom is 0.118 e. The number of nitrogens with two attached hydrogens (primary N) is 1. The van der Waals surface area contributed by atoms with Gasteiger partial charge in [-0.3, -0.25) is 0 Å². The van der Waals surface area contributed by atoms with Crippen LogP contribution >= 0.6 is 11.8 Å². The molecule has 1 heterocycles. The first-order valence-electron chi connectivity index (χ1n) is 4.71. The molecule has 14 heavy (non-hydrogen) atoms. The second-order valence-electron chi connectivity index (χ2n) is 3.50. The molecule has 0 saturated heterocycles. The predicted octanol–water partition coefficient (Wildman–Crippen LogP) is 1.53. The van der Waals surface area contributed by atoms with Gasteiger partial charge in [0.25, 0.3) is 0 Å². The molecule has 0 aliphatic rings. The van der Waals surface area contributed by atoms with Crippen LogP contribution in [0.5, 0.6) is 0 Å². The Balaban J connectivity index is 2.35. The molecule has 0 radical (unpaired) electrons. The van der Waals surface area contributed by atoms with Crippen LogP contribution in [-0.2, 0) is 12.3 Å². The predicted molar refractivity (Wildman–Crippen MR) is 61.3 cm³/mol. The first-order valence-corrected chi connectivity index (χ1v) is 5.86. The normalized spacial score (nSPS) is 11.1. The number of hydrogen-bond donors (Lipinski definition) is 1. The highest BCUT2D eigenvalue weighted by atomic mass is 32.2. The summed E-state index contributed by atoms with van der Waals surface area (Å²) in [5.41, 5.74) is 6.66. The lowest BCUT2D eigenvalue weighted by Gasteiger charge is -2.04. The van der Waals surface area contributed by atoms with Gasteiger partial charge in [-0.05, 0) is 20.2 Å². The van der Waals surface area contributed by atoms with Crippen LogP contribution < -0.4 is 5.73 Å². The Morgan fingerprint density at radius 3 is 2.93 bits per heavy atom. The highest BCUT2D eigenvalue weighted by Gasteiger charge is 2.02. The highest BCUT2D eigenvalue weighted by molar-refractivity contribution is 7.98. The van der Waals surface area contributed by atoms with Gasteiger partial charge in [-0.15, -0.1) is 0 Å². The van der Waals surface area contributed by atoms with Gasteiger partial charge in [-0.2, -0.15) is 11.8 Å². The minimum atomic E-state index is 0.743. The fraction of sp³-hybridized carbons (Fsp3) is 0.600. The zero-order valence-electron chi connectivity index (χ0n) is 8.82. The maximum atomic E-state index is 5.42. The van der Waals surface area contributed by atoms with Gasteiger partial charge in [-0.1, -0.05) is 0 Å². The molecule has 1 aromatic rings. The summed E-state index contributed by atoms with van der Waals surface area (Å²) < 4.78 is 5.42. The Morgan fingerprint density at radius 2 is 2.29 bits per heavy atom. The SMILES string of the molecule is CN(C)Cc1cc(CSCCN)co1. The van der Waals surface area contributed by atoms with Crippen LogP contribution in [-0.4, -0.2) is 31.3 Å². The van der Waals surface area contributed by atoms with Crippen molar-refractivity contribution in [2.45, 2.75) is 12.3 Å². The summed E-state index contributed by atoms with van der Waals surface area (Å²) in [5.74, 6) is 3.03. The second-order valence-corrected chi connectivity index (χ2v) is 4.61. The third-order valence-corrected chi connectivity index (χ3v) is 2.77. The van der Waals surface area contributed by atoms with Crippen LogP contribution in [0.1, 0.15) is 11.3 Å². The van der Waals surface area contributed by atoms with Gasteiger partial charge in [-0.25, -0.2) is 0 Å². The number of thioether (sulfide) groups is 1. The lowest BCUT2D eigenvalue weighted by atomic mass is 10.3. The van der Waals surface area contributed by atoms with E-state index in [2.05, 4.69) is 11.0 Å². The Kier molecular flexibility index (Phi) is 5.07. The van der Waals surface area contributed by atoms with E-state index in [1.165, 1.54) is 5.56 Å².